The molecule has 2 bridgehead atoms. The van der Waals surface area contributed by atoms with Gasteiger partial charge >= 0.3 is 5.97 Å². The van der Waals surface area contributed by atoms with E-state index >= 15 is 0 Å². The minimum absolute atomic E-state index is 0.135. The SMILES string of the molecule is CCC=C(C)C(=O)OC(C)(C)C1CC2CCC1C2. The van der Waals surface area contributed by atoms with E-state index < -0.39 is 0 Å². The number of fused-ring (bicyclic) bond motifs is 2. The third kappa shape index (κ3) is 2.62. The zero-order valence-corrected chi connectivity index (χ0v) is 12.2. The van der Waals surface area contributed by atoms with Crippen LogP contribution in [-0.4, -0.2) is 11.6 Å². The van der Waals surface area contributed by atoms with Gasteiger partial charge in [0.05, 0.1) is 0 Å². The molecule has 0 N–H and O–H groups in total. The van der Waals surface area contributed by atoms with Crippen LogP contribution in [0.2, 0.25) is 0 Å². The van der Waals surface area contributed by atoms with Crippen LogP contribution in [0.25, 0.3) is 0 Å². The van der Waals surface area contributed by atoms with Gasteiger partial charge in [-0.1, -0.05) is 19.4 Å². The lowest BCUT2D eigenvalue weighted by molar-refractivity contribution is -0.158. The summed E-state index contributed by atoms with van der Waals surface area (Å²) < 4.78 is 5.78. The first kappa shape index (κ1) is 13.6. The van der Waals surface area contributed by atoms with Crippen molar-refractivity contribution in [3.05, 3.63) is 11.6 Å². The van der Waals surface area contributed by atoms with Crippen LogP contribution in [0.4, 0.5) is 0 Å². The Labute approximate surface area is 111 Å². The first-order chi connectivity index (χ1) is 8.44. The average molecular weight is 250 g/mol. The van der Waals surface area contributed by atoms with Gasteiger partial charge in [-0.2, -0.15) is 0 Å². The van der Waals surface area contributed by atoms with E-state index in [9.17, 15) is 4.79 Å². The summed E-state index contributed by atoms with van der Waals surface area (Å²) >= 11 is 0. The summed E-state index contributed by atoms with van der Waals surface area (Å²) in [5.41, 5.74) is 0.438. The number of rotatable bonds is 4. The molecule has 102 valence electrons. The maximum Gasteiger partial charge on any atom is 0.333 e. The Kier molecular flexibility index (Phi) is 3.84. The number of hydrogen-bond donors (Lipinski definition) is 0. The van der Waals surface area contributed by atoms with E-state index in [0.717, 1.165) is 23.8 Å². The lowest BCUT2D eigenvalue weighted by atomic mass is 9.78. The van der Waals surface area contributed by atoms with Crippen LogP contribution >= 0.6 is 0 Å². The summed E-state index contributed by atoms with van der Waals surface area (Å²) in [5, 5.41) is 0. The van der Waals surface area contributed by atoms with E-state index in [2.05, 4.69) is 13.8 Å². The van der Waals surface area contributed by atoms with Crippen molar-refractivity contribution in [2.45, 2.75) is 65.4 Å². The van der Waals surface area contributed by atoms with Crippen molar-refractivity contribution >= 4 is 5.97 Å². The molecule has 2 nitrogen and oxygen atoms in total. The molecule has 18 heavy (non-hydrogen) atoms. The molecular weight excluding hydrogens is 224 g/mol. The largest absolute Gasteiger partial charge is 0.456 e. The van der Waals surface area contributed by atoms with Gasteiger partial charge < -0.3 is 4.74 Å². The van der Waals surface area contributed by atoms with E-state index in [-0.39, 0.29) is 11.6 Å². The van der Waals surface area contributed by atoms with Gasteiger partial charge in [0.25, 0.3) is 0 Å². The predicted octanol–water partition coefficient (Wildman–Crippen LogP) is 4.10. The van der Waals surface area contributed by atoms with Crippen molar-refractivity contribution in [1.29, 1.82) is 0 Å². The maximum absolute atomic E-state index is 12.0. The molecule has 2 aliphatic carbocycles. The van der Waals surface area contributed by atoms with Crippen molar-refractivity contribution in [2.75, 3.05) is 0 Å². The molecule has 0 aromatic carbocycles. The first-order valence-electron chi connectivity index (χ1n) is 7.34. The molecule has 2 fully saturated rings. The molecule has 2 rings (SSSR count). The van der Waals surface area contributed by atoms with E-state index in [0.29, 0.717) is 5.92 Å². The lowest BCUT2D eigenvalue weighted by Crippen LogP contribution is -2.39. The maximum atomic E-state index is 12.0. The Morgan fingerprint density at radius 2 is 2.06 bits per heavy atom. The summed E-state index contributed by atoms with van der Waals surface area (Å²) in [6.07, 6.45) is 8.16. The molecule has 0 amide bonds. The normalized spacial score (nSPS) is 31.8. The van der Waals surface area contributed by atoms with Crippen LogP contribution in [0.5, 0.6) is 0 Å². The van der Waals surface area contributed by atoms with E-state index in [4.69, 9.17) is 4.74 Å². The molecular formula is C16H26O2. The van der Waals surface area contributed by atoms with Gasteiger partial charge in [-0.15, -0.1) is 0 Å². The molecule has 2 saturated carbocycles. The van der Waals surface area contributed by atoms with Gasteiger partial charge in [-0.05, 0) is 58.3 Å². The van der Waals surface area contributed by atoms with Crippen molar-refractivity contribution < 1.29 is 9.53 Å². The summed E-state index contributed by atoms with van der Waals surface area (Å²) in [4.78, 5) is 12.0. The monoisotopic (exact) mass is 250 g/mol. The zero-order chi connectivity index (χ0) is 13.3. The number of allylic oxidation sites excluding steroid dienone is 1. The second-order valence-electron chi connectivity index (χ2n) is 6.57. The highest BCUT2D eigenvalue weighted by atomic mass is 16.6. The van der Waals surface area contributed by atoms with Crippen molar-refractivity contribution in [2.24, 2.45) is 17.8 Å². The molecule has 0 radical (unpaired) electrons. The third-order valence-corrected chi connectivity index (χ3v) is 4.82. The number of hydrogen-bond acceptors (Lipinski definition) is 2. The Balaban J connectivity index is 1.99. The molecule has 3 unspecified atom stereocenters. The first-order valence-corrected chi connectivity index (χ1v) is 7.34. The number of carbonyl (C=O) groups is 1. The smallest absolute Gasteiger partial charge is 0.333 e. The number of carbonyl (C=O) groups excluding carboxylic acids is 1. The van der Waals surface area contributed by atoms with Crippen LogP contribution in [0, 0.1) is 17.8 Å². The molecule has 0 heterocycles. The van der Waals surface area contributed by atoms with Gasteiger partial charge in [0, 0.05) is 11.5 Å². The summed E-state index contributed by atoms with van der Waals surface area (Å²) in [7, 11) is 0. The molecule has 0 aliphatic heterocycles. The molecule has 2 heteroatoms. The highest BCUT2D eigenvalue weighted by Crippen LogP contribution is 2.52. The topological polar surface area (TPSA) is 26.3 Å². The molecule has 0 aromatic rings. The fourth-order valence-electron chi connectivity index (χ4n) is 3.88. The van der Waals surface area contributed by atoms with E-state index in [1.807, 2.05) is 19.9 Å². The van der Waals surface area contributed by atoms with E-state index in [1.165, 1.54) is 25.7 Å². The Morgan fingerprint density at radius 1 is 1.33 bits per heavy atom. The minimum atomic E-state index is -0.306. The van der Waals surface area contributed by atoms with Crippen LogP contribution in [0.1, 0.15) is 59.8 Å². The fourth-order valence-corrected chi connectivity index (χ4v) is 3.88. The highest BCUT2D eigenvalue weighted by Gasteiger charge is 2.48. The third-order valence-electron chi connectivity index (χ3n) is 4.82. The number of esters is 1. The fraction of sp³-hybridized carbons (Fsp3) is 0.812. The zero-order valence-electron chi connectivity index (χ0n) is 12.2. The number of ether oxygens (including phenoxy) is 1. The van der Waals surface area contributed by atoms with Crippen LogP contribution < -0.4 is 0 Å². The van der Waals surface area contributed by atoms with Gasteiger partial charge in [0.15, 0.2) is 0 Å². The van der Waals surface area contributed by atoms with Crippen molar-refractivity contribution in [3.63, 3.8) is 0 Å². The Hall–Kier alpha value is -0.790. The van der Waals surface area contributed by atoms with Gasteiger partial charge in [0.2, 0.25) is 0 Å². The predicted molar refractivity (Wildman–Crippen MR) is 73.2 cm³/mol. The highest BCUT2D eigenvalue weighted by molar-refractivity contribution is 5.88. The van der Waals surface area contributed by atoms with E-state index in [1.54, 1.807) is 0 Å². The summed E-state index contributed by atoms with van der Waals surface area (Å²) in [6.45, 7) is 8.07. The Bertz CT molecular complexity index is 354. The minimum Gasteiger partial charge on any atom is -0.456 e. The molecule has 2 aliphatic rings. The molecule has 0 spiro atoms. The second kappa shape index (κ2) is 5.07. The van der Waals surface area contributed by atoms with Crippen molar-refractivity contribution in [3.8, 4) is 0 Å². The van der Waals surface area contributed by atoms with Crippen LogP contribution in [0.15, 0.2) is 11.6 Å². The molecule has 0 aromatic heterocycles. The second-order valence-corrected chi connectivity index (χ2v) is 6.57. The standard InChI is InChI=1S/C16H26O2/c1-5-6-11(2)15(17)18-16(3,4)14-10-12-7-8-13(14)9-12/h6,12-14H,5,7-10H2,1-4H3. The van der Waals surface area contributed by atoms with Crippen molar-refractivity contribution in [1.82, 2.24) is 0 Å². The molecule has 3 atom stereocenters. The quantitative estimate of drug-likeness (QED) is 0.554. The Morgan fingerprint density at radius 3 is 2.56 bits per heavy atom. The van der Waals surface area contributed by atoms with Gasteiger partial charge in [0.1, 0.15) is 5.60 Å². The van der Waals surface area contributed by atoms with Gasteiger partial charge in [-0.3, -0.25) is 0 Å². The summed E-state index contributed by atoms with van der Waals surface area (Å²) in [6, 6.07) is 0. The average Bonchev–Trinajstić information content (AvgIpc) is 2.90. The molecule has 0 saturated heterocycles. The van der Waals surface area contributed by atoms with Crippen LogP contribution in [-0.2, 0) is 9.53 Å². The summed E-state index contributed by atoms with van der Waals surface area (Å²) in [5.74, 6) is 2.11. The van der Waals surface area contributed by atoms with Crippen LogP contribution in [0.3, 0.4) is 0 Å². The lowest BCUT2D eigenvalue weighted by Gasteiger charge is -2.36. The van der Waals surface area contributed by atoms with Gasteiger partial charge in [-0.25, -0.2) is 4.79 Å².